The summed E-state index contributed by atoms with van der Waals surface area (Å²) in [7, 11) is 0. The van der Waals surface area contributed by atoms with Crippen molar-refractivity contribution in [3.8, 4) is 0 Å². The molecule has 0 aromatic rings. The van der Waals surface area contributed by atoms with Crippen LogP contribution in [-0.4, -0.2) is 37.2 Å². The van der Waals surface area contributed by atoms with Crippen molar-refractivity contribution in [2.45, 2.75) is 245 Å². The number of carbonyl (C=O) groups is 3. The lowest BCUT2D eigenvalue weighted by atomic mass is 10.1. The van der Waals surface area contributed by atoms with Crippen molar-refractivity contribution < 1.29 is 28.6 Å². The van der Waals surface area contributed by atoms with Crippen molar-refractivity contribution in [2.75, 3.05) is 13.2 Å². The Kier molecular flexibility index (Phi) is 37.9. The highest BCUT2D eigenvalue weighted by Crippen LogP contribution is 2.15. The molecule has 0 saturated carbocycles. The zero-order chi connectivity index (χ0) is 35.9. The first-order valence-corrected chi connectivity index (χ1v) is 21.5. The molecule has 0 aliphatic carbocycles. The molecule has 0 rings (SSSR count). The van der Waals surface area contributed by atoms with Gasteiger partial charge in [0, 0.05) is 19.3 Å². The summed E-state index contributed by atoms with van der Waals surface area (Å²) >= 11 is 0. The highest BCUT2D eigenvalue weighted by atomic mass is 16.6. The molecule has 6 nitrogen and oxygen atoms in total. The molecule has 0 radical (unpaired) electrons. The van der Waals surface area contributed by atoms with Crippen LogP contribution < -0.4 is 0 Å². The molecule has 0 spiro atoms. The third kappa shape index (κ3) is 37.5. The highest BCUT2D eigenvalue weighted by molar-refractivity contribution is 5.71. The summed E-state index contributed by atoms with van der Waals surface area (Å²) in [4.78, 5) is 37.5. The predicted molar refractivity (Wildman–Crippen MR) is 206 cm³/mol. The highest BCUT2D eigenvalue weighted by Gasteiger charge is 2.19. The fourth-order valence-electron chi connectivity index (χ4n) is 6.32. The fraction of sp³-hybridized carbons (Fsp3) is 0.930. The number of esters is 3. The van der Waals surface area contributed by atoms with E-state index in [1.165, 1.54) is 141 Å². The van der Waals surface area contributed by atoms with E-state index in [2.05, 4.69) is 20.8 Å². The molecule has 0 aromatic heterocycles. The molecule has 0 aromatic carbocycles. The second-order valence-electron chi connectivity index (χ2n) is 14.6. The van der Waals surface area contributed by atoms with Gasteiger partial charge in [0.25, 0.3) is 0 Å². The molecule has 0 aliphatic rings. The Labute approximate surface area is 304 Å². The molecule has 0 N–H and O–H groups in total. The smallest absolute Gasteiger partial charge is 0.306 e. The van der Waals surface area contributed by atoms with Crippen molar-refractivity contribution in [1.82, 2.24) is 0 Å². The monoisotopic (exact) mass is 695 g/mol. The molecule has 0 aliphatic heterocycles. The number of carbonyl (C=O) groups excluding carboxylic acids is 3. The van der Waals surface area contributed by atoms with Gasteiger partial charge in [-0.25, -0.2) is 0 Å². The summed E-state index contributed by atoms with van der Waals surface area (Å²) in [5.74, 6) is -0.859. The van der Waals surface area contributed by atoms with Gasteiger partial charge >= 0.3 is 17.9 Å². The van der Waals surface area contributed by atoms with Gasteiger partial charge in [0.2, 0.25) is 0 Å². The minimum absolute atomic E-state index is 0.0633. The number of hydrogen-bond donors (Lipinski definition) is 0. The first-order chi connectivity index (χ1) is 24.0. The minimum Gasteiger partial charge on any atom is -0.462 e. The average molecular weight is 695 g/mol. The van der Waals surface area contributed by atoms with Gasteiger partial charge in [-0.2, -0.15) is 0 Å². The van der Waals surface area contributed by atoms with Crippen LogP contribution in [0, 0.1) is 0 Å². The standard InChI is InChI=1S/C43H82O6/c1-4-7-10-13-16-19-22-25-27-30-33-36-42(45)48-39-40(49-43(46)37-34-31-28-24-21-18-15-12-9-6-3)38-47-41(44)35-32-29-26-23-20-17-14-11-8-5-2/h40H,4-39H2,1-3H3/t40-/m0/s1. The topological polar surface area (TPSA) is 78.9 Å². The SMILES string of the molecule is CCCCCCCCCCCCCC(=O)OC[C@H](COC(=O)CCCCCCCCCCCC)OC(=O)CCCCCCCCCCCC. The Morgan fingerprint density at radius 1 is 0.327 bits per heavy atom. The van der Waals surface area contributed by atoms with E-state index < -0.39 is 6.10 Å². The van der Waals surface area contributed by atoms with Crippen LogP contribution in [0.4, 0.5) is 0 Å². The van der Waals surface area contributed by atoms with E-state index in [9.17, 15) is 14.4 Å². The molecule has 0 saturated heterocycles. The summed E-state index contributed by atoms with van der Waals surface area (Å²) in [5.41, 5.74) is 0. The van der Waals surface area contributed by atoms with E-state index in [1.807, 2.05) is 0 Å². The first kappa shape index (κ1) is 47.4. The molecule has 0 heterocycles. The van der Waals surface area contributed by atoms with Crippen LogP contribution in [0.5, 0.6) is 0 Å². The predicted octanol–water partition coefficient (Wildman–Crippen LogP) is 13.3. The molecular formula is C43H82O6. The van der Waals surface area contributed by atoms with E-state index in [0.717, 1.165) is 57.8 Å². The average Bonchev–Trinajstić information content (AvgIpc) is 3.10. The molecular weight excluding hydrogens is 612 g/mol. The van der Waals surface area contributed by atoms with E-state index >= 15 is 0 Å². The molecule has 6 heteroatoms. The molecule has 0 bridgehead atoms. The molecule has 49 heavy (non-hydrogen) atoms. The summed E-state index contributed by atoms with van der Waals surface area (Å²) in [6, 6.07) is 0. The summed E-state index contributed by atoms with van der Waals surface area (Å²) < 4.78 is 16.6. The van der Waals surface area contributed by atoms with Gasteiger partial charge in [0.1, 0.15) is 13.2 Å². The van der Waals surface area contributed by atoms with Crippen LogP contribution >= 0.6 is 0 Å². The normalized spacial score (nSPS) is 11.8. The van der Waals surface area contributed by atoms with Gasteiger partial charge in [-0.3, -0.25) is 14.4 Å². The van der Waals surface area contributed by atoms with E-state index in [1.54, 1.807) is 0 Å². The van der Waals surface area contributed by atoms with Crippen molar-refractivity contribution in [1.29, 1.82) is 0 Å². The lowest BCUT2D eigenvalue weighted by Gasteiger charge is -2.18. The third-order valence-corrected chi connectivity index (χ3v) is 9.61. The lowest BCUT2D eigenvalue weighted by molar-refractivity contribution is -0.167. The third-order valence-electron chi connectivity index (χ3n) is 9.61. The van der Waals surface area contributed by atoms with Crippen molar-refractivity contribution >= 4 is 17.9 Å². The summed E-state index contributed by atoms with van der Waals surface area (Å²) in [6.45, 7) is 6.61. The zero-order valence-corrected chi connectivity index (χ0v) is 33.0. The van der Waals surface area contributed by atoms with Gasteiger partial charge in [-0.15, -0.1) is 0 Å². The second-order valence-corrected chi connectivity index (χ2v) is 14.6. The van der Waals surface area contributed by atoms with Gasteiger partial charge in [-0.1, -0.05) is 201 Å². The lowest BCUT2D eigenvalue weighted by Crippen LogP contribution is -2.30. The number of ether oxygens (including phenoxy) is 3. The zero-order valence-electron chi connectivity index (χ0n) is 33.0. The summed E-state index contributed by atoms with van der Waals surface area (Å²) in [6.07, 6.45) is 37.9. The minimum atomic E-state index is -0.756. The Bertz CT molecular complexity index is 723. The van der Waals surface area contributed by atoms with E-state index in [-0.39, 0.29) is 31.1 Å². The van der Waals surface area contributed by atoms with Gasteiger partial charge < -0.3 is 14.2 Å². The number of rotatable bonds is 39. The Hall–Kier alpha value is -1.59. The van der Waals surface area contributed by atoms with Crippen LogP contribution in [0.25, 0.3) is 0 Å². The van der Waals surface area contributed by atoms with Gasteiger partial charge in [0.05, 0.1) is 0 Å². The van der Waals surface area contributed by atoms with Crippen LogP contribution in [0.3, 0.4) is 0 Å². The molecule has 0 unspecified atom stereocenters. The van der Waals surface area contributed by atoms with E-state index in [4.69, 9.17) is 14.2 Å². The maximum Gasteiger partial charge on any atom is 0.306 e. The molecule has 0 fully saturated rings. The Morgan fingerprint density at radius 2 is 0.551 bits per heavy atom. The maximum absolute atomic E-state index is 12.6. The van der Waals surface area contributed by atoms with Crippen molar-refractivity contribution in [3.63, 3.8) is 0 Å². The van der Waals surface area contributed by atoms with Crippen LogP contribution in [0.15, 0.2) is 0 Å². The van der Waals surface area contributed by atoms with Crippen LogP contribution in [0.1, 0.15) is 239 Å². The quantitative estimate of drug-likeness (QED) is 0.0362. The van der Waals surface area contributed by atoms with Crippen LogP contribution in [0.2, 0.25) is 0 Å². The van der Waals surface area contributed by atoms with Gasteiger partial charge in [0.15, 0.2) is 6.10 Å². The molecule has 290 valence electrons. The van der Waals surface area contributed by atoms with Gasteiger partial charge in [-0.05, 0) is 19.3 Å². The summed E-state index contributed by atoms with van der Waals surface area (Å²) in [5, 5.41) is 0. The first-order valence-electron chi connectivity index (χ1n) is 21.5. The fourth-order valence-corrected chi connectivity index (χ4v) is 6.32. The van der Waals surface area contributed by atoms with Crippen molar-refractivity contribution in [2.24, 2.45) is 0 Å². The second kappa shape index (κ2) is 39.2. The number of unbranched alkanes of at least 4 members (excludes halogenated alkanes) is 28. The Balaban J connectivity index is 4.33. The number of hydrogen-bond acceptors (Lipinski definition) is 6. The molecule has 0 amide bonds. The van der Waals surface area contributed by atoms with Crippen molar-refractivity contribution in [3.05, 3.63) is 0 Å². The van der Waals surface area contributed by atoms with Crippen LogP contribution in [-0.2, 0) is 28.6 Å². The Morgan fingerprint density at radius 3 is 0.816 bits per heavy atom. The largest absolute Gasteiger partial charge is 0.462 e. The molecule has 1 atom stereocenters. The maximum atomic E-state index is 12.6. The van der Waals surface area contributed by atoms with E-state index in [0.29, 0.717) is 19.3 Å².